The molecule has 0 amide bonds. The van der Waals surface area contributed by atoms with Crippen LogP contribution in [0.5, 0.6) is 0 Å². The van der Waals surface area contributed by atoms with E-state index < -0.39 is 88.3 Å². The minimum absolute atomic E-state index is 8.46. The summed E-state index contributed by atoms with van der Waals surface area (Å²) in [5.41, 5.74) is -30.6. The molecule has 3 unspecified atom stereocenters. The third-order valence-electron chi connectivity index (χ3n) is 6.62. The van der Waals surface area contributed by atoms with Gasteiger partial charge in [0.1, 0.15) is 0 Å². The Hall–Kier alpha value is -1.96. The first kappa shape index (κ1) is 37.2. The van der Waals surface area contributed by atoms with Gasteiger partial charge in [-0.1, -0.05) is 0 Å². The van der Waals surface area contributed by atoms with Crippen LogP contribution in [-0.2, 0) is 0 Å². The second-order valence-corrected chi connectivity index (χ2v) is 8.79. The van der Waals surface area contributed by atoms with Crippen molar-refractivity contribution in [1.82, 2.24) is 0 Å². The van der Waals surface area contributed by atoms with E-state index >= 15 is 8.78 Å². The fourth-order valence-corrected chi connectivity index (χ4v) is 4.18. The van der Waals surface area contributed by atoms with Crippen LogP contribution in [0.3, 0.4) is 0 Å². The Labute approximate surface area is 212 Å². The van der Waals surface area contributed by atoms with Gasteiger partial charge in [-0.15, -0.1) is 0 Å². The molecule has 0 nitrogen and oxygen atoms in total. The molecule has 0 bridgehead atoms. The minimum Gasteiger partial charge on any atom is -0.229 e. The topological polar surface area (TPSA) is 0 Å². The highest BCUT2D eigenvalue weighted by Crippen LogP contribution is 2.83. The number of halogens is 28. The molecule has 2 aliphatic rings. The molecule has 2 rings (SSSR count). The molecule has 0 aliphatic heterocycles. The van der Waals surface area contributed by atoms with Crippen LogP contribution in [0.1, 0.15) is 0 Å². The van der Waals surface area contributed by atoms with E-state index in [1.165, 1.54) is 0 Å². The molecule has 256 valence electrons. The third kappa shape index (κ3) is 2.87. The minimum atomic E-state index is -10.5. The fraction of sp³-hybridized carbons (Fsp3) is 1.00. The number of hydrogen-bond acceptors (Lipinski definition) is 0. The predicted octanol–water partition coefficient (Wildman–Crippen LogP) is 8.69. The van der Waals surface area contributed by atoms with Crippen molar-refractivity contribution in [2.24, 2.45) is 0 Å². The van der Waals surface area contributed by atoms with Crippen molar-refractivity contribution in [1.29, 1.82) is 0 Å². The van der Waals surface area contributed by atoms with E-state index in [1.807, 2.05) is 0 Å². The lowest BCUT2D eigenvalue weighted by atomic mass is 9.49. The van der Waals surface area contributed by atoms with E-state index in [4.69, 9.17) is 0 Å². The van der Waals surface area contributed by atoms with Crippen LogP contribution in [0.25, 0.3) is 0 Å². The second-order valence-electron chi connectivity index (χ2n) is 8.79. The summed E-state index contributed by atoms with van der Waals surface area (Å²) < 4.78 is 387. The van der Waals surface area contributed by atoms with Gasteiger partial charge < -0.3 is 0 Å². The van der Waals surface area contributed by atoms with Crippen molar-refractivity contribution in [3.63, 3.8) is 0 Å². The first-order valence-electron chi connectivity index (χ1n) is 9.29. The highest BCUT2D eigenvalue weighted by atomic mass is 19.4. The van der Waals surface area contributed by atoms with Crippen LogP contribution in [-0.4, -0.2) is 88.3 Å². The predicted molar refractivity (Wildman–Crippen MR) is 72.0 cm³/mol. The van der Waals surface area contributed by atoms with Crippen molar-refractivity contribution in [2.45, 2.75) is 88.3 Å². The van der Waals surface area contributed by atoms with Crippen LogP contribution in [0, 0.1) is 0 Å². The average Bonchev–Trinajstić information content (AvgIpc) is 2.78. The van der Waals surface area contributed by atoms with Crippen LogP contribution < -0.4 is 0 Å². The van der Waals surface area contributed by atoms with Gasteiger partial charge in [0.25, 0.3) is 17.0 Å². The summed E-state index contributed by atoms with van der Waals surface area (Å²) in [6.07, 6.45) is -8.46. The van der Waals surface area contributed by atoms with Gasteiger partial charge in [0, 0.05) is 0 Å². The molecule has 3 atom stereocenters. The highest BCUT2D eigenvalue weighted by Gasteiger charge is 3.17. The number of alkyl halides is 28. The Morgan fingerprint density at radius 3 is 0.791 bits per heavy atom. The molecule has 0 aromatic carbocycles. The average molecular weight is 712 g/mol. The Balaban J connectivity index is 3.42. The van der Waals surface area contributed by atoms with Gasteiger partial charge in [0.05, 0.1) is 0 Å². The Morgan fingerprint density at radius 1 is 0.256 bits per heavy atom. The summed E-state index contributed by atoms with van der Waals surface area (Å²) >= 11 is 0. The van der Waals surface area contributed by atoms with E-state index in [9.17, 15) is 114 Å². The van der Waals surface area contributed by atoms with E-state index in [0.29, 0.717) is 0 Å². The van der Waals surface area contributed by atoms with E-state index in [0.717, 1.165) is 0 Å². The van der Waals surface area contributed by atoms with Crippen LogP contribution >= 0.6 is 0 Å². The molecule has 0 N–H and O–H groups in total. The van der Waals surface area contributed by atoms with Crippen molar-refractivity contribution in [3.8, 4) is 0 Å². The van der Waals surface area contributed by atoms with Gasteiger partial charge in [-0.3, -0.25) is 0 Å². The van der Waals surface area contributed by atoms with Gasteiger partial charge in [0.2, 0.25) is 0 Å². The first-order valence-corrected chi connectivity index (χ1v) is 9.29. The van der Waals surface area contributed by atoms with Gasteiger partial charge in [-0.25, -0.2) is 13.2 Å². The summed E-state index contributed by atoms with van der Waals surface area (Å²) in [6, 6.07) is 0. The molecule has 2 aliphatic carbocycles. The number of rotatable bonds is 4. The third-order valence-corrected chi connectivity index (χ3v) is 6.62. The summed E-state index contributed by atoms with van der Waals surface area (Å²) in [7, 11) is 0. The SMILES string of the molecule is FC(F)(F)C(F)(F)C(F)(F)C(F)(F)C(F)(F)C1(F)C(F)(F)C(F)(F)C(F)(F)C2(F)C(F)(F)C(F)(F)C(F)(F)C(F)(F)C12F. The molecular weight excluding hydrogens is 712 g/mol. The van der Waals surface area contributed by atoms with Crippen molar-refractivity contribution in [3.05, 3.63) is 0 Å². The lowest BCUT2D eigenvalue weighted by molar-refractivity contribution is -0.568. The van der Waals surface area contributed by atoms with Crippen molar-refractivity contribution in [2.75, 3.05) is 0 Å². The standard InChI is InChI=1S/C15F28/c16-1-2(17,7(25,26)11(33,34)10(31,32)4(1,19)20)5(21,22)9(29,30)6(23,24)3(1,18)8(27,28)12(35,36)13(37,38)14(39,40)15(41,42)43. The van der Waals surface area contributed by atoms with Crippen LogP contribution in [0.15, 0.2) is 0 Å². The van der Waals surface area contributed by atoms with Gasteiger partial charge in [-0.05, 0) is 0 Å². The second kappa shape index (κ2) is 7.87. The van der Waals surface area contributed by atoms with Gasteiger partial charge >= 0.3 is 71.3 Å². The molecule has 0 aromatic rings. The molecular formula is C15F28. The highest BCUT2D eigenvalue weighted by molar-refractivity contribution is 5.47. The number of hydrogen-bond donors (Lipinski definition) is 0. The van der Waals surface area contributed by atoms with Crippen LogP contribution in [0.2, 0.25) is 0 Å². The monoisotopic (exact) mass is 712 g/mol. The zero-order chi connectivity index (χ0) is 35.5. The van der Waals surface area contributed by atoms with Crippen LogP contribution in [0.4, 0.5) is 123 Å². The van der Waals surface area contributed by atoms with E-state index in [1.54, 1.807) is 0 Å². The molecule has 0 aromatic heterocycles. The zero-order valence-electron chi connectivity index (χ0n) is 18.1. The summed E-state index contributed by atoms with van der Waals surface area (Å²) in [4.78, 5) is 0. The van der Waals surface area contributed by atoms with E-state index in [2.05, 4.69) is 0 Å². The first-order chi connectivity index (χ1) is 18.0. The zero-order valence-corrected chi connectivity index (χ0v) is 18.1. The molecule has 0 saturated heterocycles. The number of fused-ring (bicyclic) bond motifs is 1. The normalized spacial score (nSPS) is 36.6. The Morgan fingerprint density at radius 2 is 0.512 bits per heavy atom. The molecule has 2 saturated carbocycles. The lowest BCUT2D eigenvalue weighted by Crippen LogP contribution is -3.01. The Bertz CT molecular complexity index is 1150. The summed E-state index contributed by atoms with van der Waals surface area (Å²) in [6.45, 7) is 0. The smallest absolute Gasteiger partial charge is 0.229 e. The molecule has 0 radical (unpaired) electrons. The maximum atomic E-state index is 15.3. The van der Waals surface area contributed by atoms with Crippen molar-refractivity contribution >= 4 is 0 Å². The maximum Gasteiger partial charge on any atom is 0.460 e. The van der Waals surface area contributed by atoms with Gasteiger partial charge in [-0.2, -0.15) is 110 Å². The summed E-state index contributed by atoms with van der Waals surface area (Å²) in [5, 5.41) is 0. The lowest BCUT2D eigenvalue weighted by Gasteiger charge is -2.66. The molecule has 2 fully saturated rings. The molecule has 43 heavy (non-hydrogen) atoms. The van der Waals surface area contributed by atoms with Gasteiger partial charge in [0.15, 0.2) is 0 Å². The quantitative estimate of drug-likeness (QED) is 0.256. The summed E-state index contributed by atoms with van der Waals surface area (Å²) in [5.74, 6) is -105. The van der Waals surface area contributed by atoms with E-state index in [-0.39, 0.29) is 0 Å². The fourth-order valence-electron chi connectivity index (χ4n) is 4.18. The maximum absolute atomic E-state index is 15.3. The molecule has 0 heterocycles. The van der Waals surface area contributed by atoms with Crippen molar-refractivity contribution < 1.29 is 123 Å². The Kier molecular flexibility index (Phi) is 6.82. The molecule has 0 spiro atoms. The largest absolute Gasteiger partial charge is 0.460 e. The molecule has 28 heteroatoms.